The Labute approximate surface area is 153 Å². The molecule has 0 bridgehead atoms. The van der Waals surface area contributed by atoms with Gasteiger partial charge in [0.15, 0.2) is 0 Å². The van der Waals surface area contributed by atoms with Crippen molar-refractivity contribution in [3.8, 4) is 10.6 Å². The van der Waals surface area contributed by atoms with Gasteiger partial charge in [0.1, 0.15) is 5.69 Å². The topological polar surface area (TPSA) is 72.2 Å². The number of halogens is 3. The Hall–Kier alpha value is -1.39. The fraction of sp³-hybridized carbons (Fsp3) is 0.562. The number of aromatic nitrogens is 1. The van der Waals surface area contributed by atoms with Crippen LogP contribution in [0.4, 0.5) is 13.2 Å². The van der Waals surface area contributed by atoms with Crippen LogP contribution in [0.2, 0.25) is 0 Å². The van der Waals surface area contributed by atoms with Crippen molar-refractivity contribution in [1.82, 2.24) is 9.88 Å². The maximum absolute atomic E-state index is 12.7. The Morgan fingerprint density at radius 2 is 1.85 bits per heavy atom. The first-order chi connectivity index (χ1) is 12.2. The molecule has 2 aromatic rings. The fourth-order valence-electron chi connectivity index (χ4n) is 3.06. The third-order valence-corrected chi connectivity index (χ3v) is 7.23. The van der Waals surface area contributed by atoms with Gasteiger partial charge in [0, 0.05) is 17.0 Å². The highest BCUT2D eigenvalue weighted by molar-refractivity contribution is 7.89. The van der Waals surface area contributed by atoms with Gasteiger partial charge < -0.3 is 4.52 Å². The molecule has 1 saturated carbocycles. The molecule has 2 aromatic heterocycles. The molecular formula is C16H19F3N2O3S2. The van der Waals surface area contributed by atoms with E-state index in [1.807, 2.05) is 0 Å². The maximum atomic E-state index is 12.7. The number of hydrogen-bond donors (Lipinski definition) is 1. The van der Waals surface area contributed by atoms with Gasteiger partial charge in [-0.05, 0) is 25.8 Å². The van der Waals surface area contributed by atoms with Gasteiger partial charge in [0.25, 0.3) is 0 Å². The molecule has 10 heteroatoms. The first-order valence-electron chi connectivity index (χ1n) is 8.34. The molecule has 0 unspecified atom stereocenters. The van der Waals surface area contributed by atoms with Crippen LogP contribution in [0.25, 0.3) is 10.6 Å². The highest BCUT2D eigenvalue weighted by Gasteiger charge is 2.36. The highest BCUT2D eigenvalue weighted by atomic mass is 32.2. The lowest BCUT2D eigenvalue weighted by Gasteiger charge is -2.16. The minimum atomic E-state index is -4.63. The number of thiophene rings is 1. The van der Waals surface area contributed by atoms with E-state index < -0.39 is 22.0 Å². The number of aryl methyl sites for hydroxylation is 1. The summed E-state index contributed by atoms with van der Waals surface area (Å²) in [7, 11) is -3.74. The quantitative estimate of drug-likeness (QED) is 0.743. The lowest BCUT2D eigenvalue weighted by molar-refractivity contribution is -0.155. The number of nitrogens with zero attached hydrogens (tertiary/aromatic N) is 1. The Morgan fingerprint density at radius 3 is 2.42 bits per heavy atom. The van der Waals surface area contributed by atoms with E-state index >= 15 is 0 Å². The number of hydrogen-bond acceptors (Lipinski definition) is 5. The van der Waals surface area contributed by atoms with Crippen molar-refractivity contribution in [3.63, 3.8) is 0 Å². The van der Waals surface area contributed by atoms with Crippen molar-refractivity contribution in [2.45, 2.75) is 62.6 Å². The zero-order valence-corrected chi connectivity index (χ0v) is 15.7. The van der Waals surface area contributed by atoms with Crippen molar-refractivity contribution in [1.29, 1.82) is 0 Å². The predicted molar refractivity (Wildman–Crippen MR) is 91.4 cm³/mol. The van der Waals surface area contributed by atoms with E-state index in [0.29, 0.717) is 9.75 Å². The lowest BCUT2D eigenvalue weighted by Crippen LogP contribution is -2.34. The molecule has 1 aliphatic rings. The third-order valence-electron chi connectivity index (χ3n) is 4.38. The number of alkyl halides is 3. The van der Waals surface area contributed by atoms with E-state index in [9.17, 15) is 21.6 Å². The van der Waals surface area contributed by atoms with E-state index in [-0.39, 0.29) is 16.6 Å². The van der Waals surface area contributed by atoms with Gasteiger partial charge in [-0.1, -0.05) is 30.8 Å². The van der Waals surface area contributed by atoms with Crippen molar-refractivity contribution in [3.05, 3.63) is 22.8 Å². The molecule has 144 valence electrons. The summed E-state index contributed by atoms with van der Waals surface area (Å²) in [6.07, 6.45) is 1.15. The molecule has 0 amide bonds. The zero-order valence-electron chi connectivity index (χ0n) is 14.1. The Morgan fingerprint density at radius 1 is 1.19 bits per heavy atom. The molecule has 0 saturated heterocycles. The summed E-state index contributed by atoms with van der Waals surface area (Å²) >= 11 is 1.08. The van der Waals surface area contributed by atoms with Crippen molar-refractivity contribution in [2.75, 3.05) is 0 Å². The molecule has 0 radical (unpaired) electrons. The van der Waals surface area contributed by atoms with Gasteiger partial charge in [-0.25, -0.2) is 13.1 Å². The predicted octanol–water partition coefficient (Wildman–Crippen LogP) is 4.73. The van der Waals surface area contributed by atoms with Crippen LogP contribution in [0.3, 0.4) is 0 Å². The highest BCUT2D eigenvalue weighted by Crippen LogP contribution is 2.37. The molecular weight excluding hydrogens is 389 g/mol. The number of nitrogens with one attached hydrogen (secondary N) is 1. The summed E-state index contributed by atoms with van der Waals surface area (Å²) in [5.74, 6) is -1.21. The first kappa shape index (κ1) is 19.4. The molecule has 0 atom stereocenters. The third kappa shape index (κ3) is 4.29. The average Bonchev–Trinajstić information content (AvgIpc) is 3.10. The second-order valence-electron chi connectivity index (χ2n) is 6.42. The Bertz CT molecular complexity index is 864. The molecule has 0 aliphatic heterocycles. The van der Waals surface area contributed by atoms with Gasteiger partial charge in [-0.2, -0.15) is 13.2 Å². The molecule has 1 fully saturated rings. The molecule has 3 rings (SSSR count). The van der Waals surface area contributed by atoms with Crippen LogP contribution in [0.5, 0.6) is 0 Å². The largest absolute Gasteiger partial charge is 0.452 e. The van der Waals surface area contributed by atoms with Crippen LogP contribution in [0.15, 0.2) is 21.6 Å². The van der Waals surface area contributed by atoms with E-state index in [0.717, 1.165) is 55.9 Å². The molecule has 2 heterocycles. The van der Waals surface area contributed by atoms with Gasteiger partial charge in [0.2, 0.25) is 15.8 Å². The second kappa shape index (κ2) is 7.32. The standard InChI is InChI=1S/C16H19F3N2O3S2/c1-10-14(26(22,23)21-11-6-4-2-3-5-7-11)9-13(25-10)12-8-15(24-20-12)16(17,18)19/h8-9,11,21H,2-7H2,1H3. The fourth-order valence-corrected chi connectivity index (χ4v) is 5.91. The number of rotatable bonds is 4. The minimum absolute atomic E-state index is 0.0265. The van der Waals surface area contributed by atoms with Crippen LogP contribution < -0.4 is 4.72 Å². The van der Waals surface area contributed by atoms with E-state index in [2.05, 4.69) is 14.4 Å². The molecule has 0 spiro atoms. The summed E-state index contributed by atoms with van der Waals surface area (Å²) in [6.45, 7) is 1.63. The minimum Gasteiger partial charge on any atom is -0.351 e. The molecule has 26 heavy (non-hydrogen) atoms. The normalized spacial score (nSPS) is 17.4. The van der Waals surface area contributed by atoms with Crippen molar-refractivity contribution in [2.24, 2.45) is 0 Å². The van der Waals surface area contributed by atoms with Crippen molar-refractivity contribution >= 4 is 21.4 Å². The maximum Gasteiger partial charge on any atom is 0.452 e. The summed E-state index contributed by atoms with van der Waals surface area (Å²) in [4.78, 5) is 0.902. The SMILES string of the molecule is Cc1sc(-c2cc(C(F)(F)F)on2)cc1S(=O)(=O)NC1CCCCCC1. The van der Waals surface area contributed by atoms with Crippen molar-refractivity contribution < 1.29 is 26.1 Å². The molecule has 0 aromatic carbocycles. The number of sulfonamides is 1. The summed E-state index contributed by atoms with van der Waals surface area (Å²) in [5, 5.41) is 3.42. The van der Waals surface area contributed by atoms with Crippen LogP contribution >= 0.6 is 11.3 Å². The average molecular weight is 408 g/mol. The van der Waals surface area contributed by atoms with Gasteiger partial charge >= 0.3 is 6.18 Å². The van der Waals surface area contributed by atoms with Gasteiger partial charge in [-0.15, -0.1) is 11.3 Å². The molecule has 1 aliphatic carbocycles. The zero-order chi connectivity index (χ0) is 18.9. The Kier molecular flexibility index (Phi) is 5.45. The van der Waals surface area contributed by atoms with Crippen LogP contribution in [0.1, 0.15) is 49.2 Å². The van der Waals surface area contributed by atoms with Crippen LogP contribution in [-0.4, -0.2) is 19.6 Å². The molecule has 1 N–H and O–H groups in total. The van der Waals surface area contributed by atoms with E-state index in [4.69, 9.17) is 0 Å². The smallest absolute Gasteiger partial charge is 0.351 e. The van der Waals surface area contributed by atoms with Crippen LogP contribution in [-0.2, 0) is 16.2 Å². The van der Waals surface area contributed by atoms with E-state index in [1.165, 1.54) is 6.07 Å². The summed E-state index contributed by atoms with van der Waals surface area (Å²) in [6, 6.07) is 2.03. The van der Waals surface area contributed by atoms with Gasteiger partial charge in [-0.3, -0.25) is 0 Å². The summed E-state index contributed by atoms with van der Waals surface area (Å²) in [5.41, 5.74) is -0.0265. The Balaban J connectivity index is 1.84. The molecule has 5 nitrogen and oxygen atoms in total. The monoisotopic (exact) mass is 408 g/mol. The summed E-state index contributed by atoms with van der Waals surface area (Å²) < 4.78 is 70.4. The lowest BCUT2D eigenvalue weighted by atomic mass is 10.1. The van der Waals surface area contributed by atoms with Gasteiger partial charge in [0.05, 0.1) is 9.77 Å². The van der Waals surface area contributed by atoms with E-state index in [1.54, 1.807) is 6.92 Å². The first-order valence-corrected chi connectivity index (χ1v) is 10.6. The second-order valence-corrected chi connectivity index (χ2v) is 9.35. The van der Waals surface area contributed by atoms with Crippen LogP contribution in [0, 0.1) is 6.92 Å².